The zero-order valence-electron chi connectivity index (χ0n) is 22.2. The van der Waals surface area contributed by atoms with Crippen LogP contribution in [0.25, 0.3) is 0 Å². The molecule has 4 aliphatic carbocycles. The Morgan fingerprint density at radius 3 is 2.06 bits per heavy atom. The predicted octanol–water partition coefficient (Wildman–Crippen LogP) is 8.21. The summed E-state index contributed by atoms with van der Waals surface area (Å²) in [4.78, 5) is 0. The van der Waals surface area contributed by atoms with Crippen molar-refractivity contribution in [1.82, 2.24) is 0 Å². The molecule has 0 unspecified atom stereocenters. The van der Waals surface area contributed by atoms with E-state index >= 15 is 0 Å². The molecule has 1 heteroatoms. The molecule has 4 saturated carbocycles. The molecule has 1 nitrogen and oxygen atoms in total. The Morgan fingerprint density at radius 1 is 0.774 bits per heavy atom. The van der Waals surface area contributed by atoms with Gasteiger partial charge in [0.2, 0.25) is 0 Å². The maximum absolute atomic E-state index is 10.6. The molecule has 4 aliphatic rings. The fourth-order valence-corrected chi connectivity index (χ4v) is 10.3. The summed E-state index contributed by atoms with van der Waals surface area (Å²) >= 11 is 0. The molecule has 0 spiro atoms. The second-order valence-corrected chi connectivity index (χ2v) is 14.1. The van der Waals surface area contributed by atoms with Gasteiger partial charge in [0.1, 0.15) is 0 Å². The van der Waals surface area contributed by atoms with Gasteiger partial charge in [0.05, 0.1) is 6.10 Å². The van der Waals surface area contributed by atoms with E-state index in [1.54, 1.807) is 0 Å². The van der Waals surface area contributed by atoms with Gasteiger partial charge in [0.15, 0.2) is 0 Å². The monoisotopic (exact) mass is 430 g/mol. The van der Waals surface area contributed by atoms with E-state index in [-0.39, 0.29) is 6.10 Å². The van der Waals surface area contributed by atoms with Gasteiger partial charge in [0, 0.05) is 0 Å². The normalized spacial score (nSPS) is 50.3. The van der Waals surface area contributed by atoms with E-state index in [9.17, 15) is 5.11 Å². The Bertz CT molecular complexity index is 626. The number of aliphatic hydroxyl groups is 1. The van der Waals surface area contributed by atoms with E-state index in [0.29, 0.717) is 16.7 Å². The smallest absolute Gasteiger partial charge is 0.0568 e. The minimum atomic E-state index is -0.0459. The molecule has 0 aromatic heterocycles. The number of aliphatic hydroxyl groups excluding tert-OH is 1. The lowest BCUT2D eigenvalue weighted by Gasteiger charge is -2.62. The summed E-state index contributed by atoms with van der Waals surface area (Å²) in [5.74, 6) is 8.43. The molecule has 180 valence electrons. The largest absolute Gasteiger partial charge is 0.393 e. The molecule has 0 heterocycles. The molecule has 0 amide bonds. The van der Waals surface area contributed by atoms with Crippen LogP contribution >= 0.6 is 0 Å². The predicted molar refractivity (Wildman–Crippen MR) is 133 cm³/mol. The van der Waals surface area contributed by atoms with Gasteiger partial charge in [-0.05, 0) is 128 Å². The van der Waals surface area contributed by atoms with Crippen LogP contribution in [0.2, 0.25) is 0 Å². The van der Waals surface area contributed by atoms with E-state index in [4.69, 9.17) is 0 Å². The van der Waals surface area contributed by atoms with Crippen LogP contribution in [0, 0.1) is 70.0 Å². The highest BCUT2D eigenvalue weighted by Crippen LogP contribution is 2.69. The average molecular weight is 431 g/mol. The zero-order valence-corrected chi connectivity index (χ0v) is 22.2. The van der Waals surface area contributed by atoms with Gasteiger partial charge < -0.3 is 5.11 Å². The summed E-state index contributed by atoms with van der Waals surface area (Å²) in [6.45, 7) is 20.1. The molecule has 4 rings (SSSR count). The summed E-state index contributed by atoms with van der Waals surface area (Å²) in [6, 6.07) is 0. The highest BCUT2D eigenvalue weighted by molar-refractivity contribution is 5.10. The van der Waals surface area contributed by atoms with Crippen molar-refractivity contribution >= 4 is 0 Å². The summed E-state index contributed by atoms with van der Waals surface area (Å²) in [6.07, 6.45) is 12.5. The van der Waals surface area contributed by atoms with Crippen LogP contribution in [0.3, 0.4) is 0 Å². The minimum absolute atomic E-state index is 0.0459. The van der Waals surface area contributed by atoms with E-state index in [0.717, 1.165) is 59.7 Å². The van der Waals surface area contributed by atoms with Crippen molar-refractivity contribution in [2.45, 2.75) is 119 Å². The molecule has 31 heavy (non-hydrogen) atoms. The van der Waals surface area contributed by atoms with Crippen molar-refractivity contribution in [3.63, 3.8) is 0 Å². The van der Waals surface area contributed by atoms with Crippen LogP contribution in [-0.2, 0) is 0 Å². The lowest BCUT2D eigenvalue weighted by atomic mass is 9.43. The molecular formula is C30H54O. The van der Waals surface area contributed by atoms with Crippen LogP contribution < -0.4 is 0 Å². The zero-order chi connectivity index (χ0) is 22.7. The molecule has 0 aromatic rings. The minimum Gasteiger partial charge on any atom is -0.393 e. The van der Waals surface area contributed by atoms with Crippen LogP contribution in [0.4, 0.5) is 0 Å². The number of fused-ring (bicyclic) bond motifs is 5. The molecule has 0 bridgehead atoms. The van der Waals surface area contributed by atoms with Crippen molar-refractivity contribution in [3.8, 4) is 0 Å². The topological polar surface area (TPSA) is 20.2 Å². The first-order chi connectivity index (χ1) is 14.5. The SMILES string of the molecule is CC(C)[C@H](C)[C@H](C)C[C@@H](C)[C@H]1CC[C@H]2[C@@H]3CC[C@H]4[C@H](C)[C@@H](O)CC[C@]4(C)[C@H]3CC[C@]12C. The Kier molecular flexibility index (Phi) is 6.71. The van der Waals surface area contributed by atoms with E-state index in [2.05, 4.69) is 55.4 Å². The quantitative estimate of drug-likeness (QED) is 0.466. The molecular weight excluding hydrogens is 376 g/mol. The summed E-state index contributed by atoms with van der Waals surface area (Å²) < 4.78 is 0. The molecule has 4 fully saturated rings. The van der Waals surface area contributed by atoms with E-state index in [1.807, 2.05) is 0 Å². The molecule has 12 atom stereocenters. The molecule has 0 saturated heterocycles. The van der Waals surface area contributed by atoms with E-state index < -0.39 is 0 Å². The fraction of sp³-hybridized carbons (Fsp3) is 1.00. The highest BCUT2D eigenvalue weighted by Gasteiger charge is 2.61. The number of hydrogen-bond acceptors (Lipinski definition) is 1. The lowest BCUT2D eigenvalue weighted by molar-refractivity contribution is -0.149. The van der Waals surface area contributed by atoms with Crippen LogP contribution in [0.5, 0.6) is 0 Å². The van der Waals surface area contributed by atoms with Crippen molar-refractivity contribution in [1.29, 1.82) is 0 Å². The van der Waals surface area contributed by atoms with Gasteiger partial charge in [-0.25, -0.2) is 0 Å². The Balaban J connectivity index is 1.49. The third-order valence-corrected chi connectivity index (χ3v) is 12.6. The Labute approximate surface area is 194 Å². The fourth-order valence-electron chi connectivity index (χ4n) is 10.3. The van der Waals surface area contributed by atoms with Gasteiger partial charge in [-0.15, -0.1) is 0 Å². The summed E-state index contributed by atoms with van der Waals surface area (Å²) in [5.41, 5.74) is 1.08. The number of hydrogen-bond donors (Lipinski definition) is 1. The summed E-state index contributed by atoms with van der Waals surface area (Å²) in [5, 5.41) is 10.6. The maximum atomic E-state index is 10.6. The summed E-state index contributed by atoms with van der Waals surface area (Å²) in [7, 11) is 0. The highest BCUT2D eigenvalue weighted by atomic mass is 16.3. The number of rotatable bonds is 5. The standard InChI is InChI=1S/C30H54O/c1-18(2)21(5)19(3)17-20(4)24-11-12-26-23-9-10-25-22(6)28(31)14-16-30(25,8)27(23)13-15-29(24,26)7/h18-28,31H,9-17H2,1-8H3/t19-,20-,21+,22+,23+,24-,25+,26+,27+,28+,29-,30+/m1/s1. The second-order valence-electron chi connectivity index (χ2n) is 14.1. The van der Waals surface area contributed by atoms with Crippen LogP contribution in [-0.4, -0.2) is 11.2 Å². The third-order valence-electron chi connectivity index (χ3n) is 12.6. The second kappa shape index (κ2) is 8.63. The van der Waals surface area contributed by atoms with Crippen molar-refractivity contribution < 1.29 is 5.11 Å². The molecule has 0 radical (unpaired) electrons. The first-order valence-corrected chi connectivity index (χ1v) is 14.2. The van der Waals surface area contributed by atoms with Gasteiger partial charge in [-0.1, -0.05) is 55.4 Å². The molecule has 0 aromatic carbocycles. The Hall–Kier alpha value is -0.0400. The molecule has 1 N–H and O–H groups in total. The first-order valence-electron chi connectivity index (χ1n) is 14.2. The lowest BCUT2D eigenvalue weighted by Crippen LogP contribution is -2.56. The van der Waals surface area contributed by atoms with Crippen LogP contribution in [0.1, 0.15) is 113 Å². The van der Waals surface area contributed by atoms with Gasteiger partial charge >= 0.3 is 0 Å². The van der Waals surface area contributed by atoms with Gasteiger partial charge in [-0.3, -0.25) is 0 Å². The third kappa shape index (κ3) is 3.85. The van der Waals surface area contributed by atoms with Gasteiger partial charge in [-0.2, -0.15) is 0 Å². The Morgan fingerprint density at radius 2 is 1.39 bits per heavy atom. The van der Waals surface area contributed by atoms with Crippen molar-refractivity contribution in [2.75, 3.05) is 0 Å². The van der Waals surface area contributed by atoms with Crippen LogP contribution in [0.15, 0.2) is 0 Å². The van der Waals surface area contributed by atoms with E-state index in [1.165, 1.54) is 51.4 Å². The maximum Gasteiger partial charge on any atom is 0.0568 e. The van der Waals surface area contributed by atoms with Crippen molar-refractivity contribution in [2.24, 2.45) is 70.0 Å². The molecule has 0 aliphatic heterocycles. The van der Waals surface area contributed by atoms with Gasteiger partial charge in [0.25, 0.3) is 0 Å². The van der Waals surface area contributed by atoms with Crippen molar-refractivity contribution in [3.05, 3.63) is 0 Å². The average Bonchev–Trinajstić information content (AvgIpc) is 3.07. The first kappa shape index (κ1) is 24.1.